The predicted octanol–water partition coefficient (Wildman–Crippen LogP) is 3.11. The van der Waals surface area contributed by atoms with Gasteiger partial charge in [-0.3, -0.25) is 0 Å². The van der Waals surface area contributed by atoms with Crippen LogP contribution in [-0.4, -0.2) is 41.0 Å². The minimum absolute atomic E-state index is 0.0994. The van der Waals surface area contributed by atoms with Gasteiger partial charge in [-0.2, -0.15) is 5.10 Å². The maximum Gasteiger partial charge on any atom is 0.191 e. The fourth-order valence-corrected chi connectivity index (χ4v) is 3.48. The van der Waals surface area contributed by atoms with Crippen molar-refractivity contribution >= 4 is 5.96 Å². The van der Waals surface area contributed by atoms with E-state index in [2.05, 4.69) is 54.7 Å². The molecule has 1 aromatic carbocycles. The van der Waals surface area contributed by atoms with Gasteiger partial charge in [0.15, 0.2) is 5.96 Å². The van der Waals surface area contributed by atoms with Crippen molar-refractivity contribution in [3.8, 4) is 5.69 Å². The van der Waals surface area contributed by atoms with E-state index in [0.29, 0.717) is 6.54 Å². The fraction of sp³-hybridized carbons (Fsp3) is 0.524. The van der Waals surface area contributed by atoms with Gasteiger partial charge in [0.2, 0.25) is 0 Å². The first-order valence-corrected chi connectivity index (χ1v) is 9.78. The molecule has 1 atom stereocenters. The van der Waals surface area contributed by atoms with Crippen molar-refractivity contribution in [2.24, 2.45) is 4.99 Å². The van der Waals surface area contributed by atoms with Crippen LogP contribution < -0.4 is 10.6 Å². The summed E-state index contributed by atoms with van der Waals surface area (Å²) in [4.78, 5) is 4.80. The second-order valence-corrected chi connectivity index (χ2v) is 7.42. The van der Waals surface area contributed by atoms with Crippen molar-refractivity contribution in [2.75, 3.05) is 19.7 Å². The Balaban J connectivity index is 1.75. The van der Waals surface area contributed by atoms with Crippen molar-refractivity contribution in [1.29, 1.82) is 0 Å². The number of nitrogens with one attached hydrogen (secondary N) is 2. The normalized spacial score (nSPS) is 20.1. The molecular weight excluding hydrogens is 338 g/mol. The SMILES string of the molecule is CCNC(=NCc1ccccc1-n1nc(C)cc1C)NCC1(C)CCCO1. The largest absolute Gasteiger partial charge is 0.373 e. The van der Waals surface area contributed by atoms with Gasteiger partial charge in [-0.1, -0.05) is 18.2 Å². The van der Waals surface area contributed by atoms with Crippen molar-refractivity contribution < 1.29 is 4.74 Å². The van der Waals surface area contributed by atoms with Gasteiger partial charge in [-0.05, 0) is 58.2 Å². The van der Waals surface area contributed by atoms with Crippen LogP contribution in [-0.2, 0) is 11.3 Å². The molecule has 1 aromatic heterocycles. The highest BCUT2D eigenvalue weighted by molar-refractivity contribution is 5.79. The van der Waals surface area contributed by atoms with E-state index in [1.807, 2.05) is 23.7 Å². The van der Waals surface area contributed by atoms with Crippen molar-refractivity contribution in [1.82, 2.24) is 20.4 Å². The lowest BCUT2D eigenvalue weighted by Gasteiger charge is -2.24. The van der Waals surface area contributed by atoms with Gasteiger partial charge in [0.05, 0.1) is 23.5 Å². The molecule has 0 spiro atoms. The second kappa shape index (κ2) is 8.57. The maximum atomic E-state index is 5.87. The molecule has 0 radical (unpaired) electrons. The molecule has 0 aliphatic carbocycles. The number of hydrogen-bond acceptors (Lipinski definition) is 3. The number of rotatable bonds is 6. The number of guanidine groups is 1. The van der Waals surface area contributed by atoms with Crippen LogP contribution in [0.2, 0.25) is 0 Å². The topological polar surface area (TPSA) is 63.5 Å². The Morgan fingerprint density at radius 2 is 2.11 bits per heavy atom. The Hall–Kier alpha value is -2.34. The average Bonchev–Trinajstić information content (AvgIpc) is 3.23. The molecule has 3 rings (SSSR count). The lowest BCUT2D eigenvalue weighted by molar-refractivity contribution is 0.0243. The van der Waals surface area contributed by atoms with Gasteiger partial charge in [0, 0.05) is 25.4 Å². The first-order chi connectivity index (χ1) is 13.0. The Bertz CT molecular complexity index is 790. The summed E-state index contributed by atoms with van der Waals surface area (Å²) in [6.07, 6.45) is 2.21. The molecule has 6 nitrogen and oxygen atoms in total. The van der Waals surface area contributed by atoms with Gasteiger partial charge in [0.25, 0.3) is 0 Å². The van der Waals surface area contributed by atoms with Gasteiger partial charge in [-0.25, -0.2) is 9.67 Å². The standard InChI is InChI=1S/C21H31N5O/c1-5-22-20(24-15-21(4)11-8-12-27-21)23-14-18-9-6-7-10-19(18)26-17(3)13-16(2)25-26/h6-7,9-10,13H,5,8,11-12,14-15H2,1-4H3,(H2,22,23,24). The van der Waals surface area contributed by atoms with E-state index in [1.54, 1.807) is 0 Å². The van der Waals surface area contributed by atoms with Crippen LogP contribution in [0.25, 0.3) is 5.69 Å². The molecule has 146 valence electrons. The lowest BCUT2D eigenvalue weighted by Crippen LogP contribution is -2.45. The quantitative estimate of drug-likeness (QED) is 0.607. The number of nitrogens with zero attached hydrogens (tertiary/aromatic N) is 3. The lowest BCUT2D eigenvalue weighted by atomic mass is 10.0. The highest BCUT2D eigenvalue weighted by Gasteiger charge is 2.29. The third kappa shape index (κ3) is 4.89. The fourth-order valence-electron chi connectivity index (χ4n) is 3.48. The van der Waals surface area contributed by atoms with Gasteiger partial charge in [0.1, 0.15) is 0 Å². The summed E-state index contributed by atoms with van der Waals surface area (Å²) >= 11 is 0. The van der Waals surface area contributed by atoms with Crippen LogP contribution in [0.5, 0.6) is 0 Å². The van der Waals surface area contributed by atoms with Crippen LogP contribution in [0.15, 0.2) is 35.3 Å². The molecular formula is C21H31N5O. The molecule has 1 saturated heterocycles. The van der Waals surface area contributed by atoms with E-state index in [9.17, 15) is 0 Å². The number of aromatic nitrogens is 2. The Kier molecular flexibility index (Phi) is 6.16. The molecule has 0 bridgehead atoms. The minimum Gasteiger partial charge on any atom is -0.373 e. The maximum absolute atomic E-state index is 5.87. The predicted molar refractivity (Wildman–Crippen MR) is 109 cm³/mol. The van der Waals surface area contributed by atoms with Crippen molar-refractivity contribution in [2.45, 2.75) is 52.7 Å². The van der Waals surface area contributed by atoms with Crippen LogP contribution in [0, 0.1) is 13.8 Å². The molecule has 0 amide bonds. The Labute approximate surface area is 162 Å². The van der Waals surface area contributed by atoms with E-state index < -0.39 is 0 Å². The number of aliphatic imine (C=N–C) groups is 1. The van der Waals surface area contributed by atoms with E-state index >= 15 is 0 Å². The Morgan fingerprint density at radius 3 is 2.78 bits per heavy atom. The molecule has 27 heavy (non-hydrogen) atoms. The molecule has 0 saturated carbocycles. The molecule has 1 fully saturated rings. The molecule has 2 heterocycles. The summed E-state index contributed by atoms with van der Waals surface area (Å²) in [6.45, 7) is 11.4. The zero-order valence-electron chi connectivity index (χ0n) is 16.9. The smallest absolute Gasteiger partial charge is 0.191 e. The number of ether oxygens (including phenoxy) is 1. The third-order valence-corrected chi connectivity index (χ3v) is 4.91. The molecule has 1 aliphatic heterocycles. The highest BCUT2D eigenvalue weighted by atomic mass is 16.5. The highest BCUT2D eigenvalue weighted by Crippen LogP contribution is 2.24. The van der Waals surface area contributed by atoms with Crippen molar-refractivity contribution in [3.05, 3.63) is 47.3 Å². The van der Waals surface area contributed by atoms with E-state index in [1.165, 1.54) is 0 Å². The molecule has 2 N–H and O–H groups in total. The molecule has 2 aromatic rings. The summed E-state index contributed by atoms with van der Waals surface area (Å²) in [7, 11) is 0. The van der Waals surface area contributed by atoms with E-state index in [0.717, 1.165) is 61.1 Å². The molecule has 1 aliphatic rings. The van der Waals surface area contributed by atoms with Gasteiger partial charge < -0.3 is 15.4 Å². The molecule has 1 unspecified atom stereocenters. The number of para-hydroxylation sites is 1. The minimum atomic E-state index is -0.0994. The Morgan fingerprint density at radius 1 is 1.30 bits per heavy atom. The number of aryl methyl sites for hydroxylation is 2. The average molecular weight is 370 g/mol. The monoisotopic (exact) mass is 369 g/mol. The molecule has 6 heteroatoms. The van der Waals surface area contributed by atoms with Gasteiger partial charge in [-0.15, -0.1) is 0 Å². The summed E-state index contributed by atoms with van der Waals surface area (Å²) in [5.41, 5.74) is 4.27. The van der Waals surface area contributed by atoms with Crippen LogP contribution in [0.3, 0.4) is 0 Å². The summed E-state index contributed by atoms with van der Waals surface area (Å²) in [5.74, 6) is 0.817. The zero-order chi connectivity index (χ0) is 19.3. The van der Waals surface area contributed by atoms with E-state index in [-0.39, 0.29) is 5.60 Å². The van der Waals surface area contributed by atoms with Crippen molar-refractivity contribution in [3.63, 3.8) is 0 Å². The first-order valence-electron chi connectivity index (χ1n) is 9.78. The van der Waals surface area contributed by atoms with E-state index in [4.69, 9.17) is 9.73 Å². The zero-order valence-corrected chi connectivity index (χ0v) is 16.9. The van der Waals surface area contributed by atoms with Crippen LogP contribution in [0.1, 0.15) is 43.6 Å². The number of benzene rings is 1. The number of hydrogen-bond donors (Lipinski definition) is 2. The summed E-state index contributed by atoms with van der Waals surface area (Å²) in [5, 5.41) is 11.4. The van der Waals surface area contributed by atoms with Gasteiger partial charge >= 0.3 is 0 Å². The second-order valence-electron chi connectivity index (χ2n) is 7.42. The van der Waals surface area contributed by atoms with Crippen LogP contribution >= 0.6 is 0 Å². The van der Waals surface area contributed by atoms with Crippen LogP contribution in [0.4, 0.5) is 0 Å². The third-order valence-electron chi connectivity index (χ3n) is 4.91. The summed E-state index contributed by atoms with van der Waals surface area (Å²) in [6, 6.07) is 10.4. The summed E-state index contributed by atoms with van der Waals surface area (Å²) < 4.78 is 7.86. The first kappa shape index (κ1) is 19.4.